The molecule has 1 heterocycles. The molecule has 0 aromatic heterocycles. The van der Waals surface area contributed by atoms with E-state index in [1.807, 2.05) is 6.92 Å². The van der Waals surface area contributed by atoms with Gasteiger partial charge in [0.05, 0.1) is 0 Å². The van der Waals surface area contributed by atoms with Crippen LogP contribution in [0.3, 0.4) is 0 Å². The predicted molar refractivity (Wildman–Crippen MR) is 57.9 cm³/mol. The fourth-order valence-corrected chi connectivity index (χ4v) is 3.11. The van der Waals surface area contributed by atoms with Gasteiger partial charge in [-0.15, -0.1) is 11.6 Å². The average Bonchev–Trinajstić information content (AvgIpc) is 2.17. The largest absolute Gasteiger partial charge is 0.298 e. The van der Waals surface area contributed by atoms with Crippen molar-refractivity contribution in [3.8, 4) is 0 Å². The number of alkyl halides is 1. The van der Waals surface area contributed by atoms with Gasteiger partial charge in [-0.3, -0.25) is 4.90 Å². The van der Waals surface area contributed by atoms with Crippen LogP contribution in [0.1, 0.15) is 13.8 Å². The van der Waals surface area contributed by atoms with E-state index in [0.717, 1.165) is 13.1 Å². The van der Waals surface area contributed by atoms with Crippen molar-refractivity contribution in [1.82, 2.24) is 9.21 Å². The van der Waals surface area contributed by atoms with Crippen LogP contribution in [0.25, 0.3) is 0 Å². The van der Waals surface area contributed by atoms with Crippen molar-refractivity contribution in [2.45, 2.75) is 19.9 Å². The third-order valence-electron chi connectivity index (χ3n) is 2.67. The molecule has 0 aromatic rings. The second kappa shape index (κ2) is 4.79. The Morgan fingerprint density at radius 1 is 1.43 bits per heavy atom. The maximum Gasteiger partial charge on any atom is 0.228 e. The van der Waals surface area contributed by atoms with E-state index in [2.05, 4.69) is 11.8 Å². The molecule has 1 unspecified atom stereocenters. The summed E-state index contributed by atoms with van der Waals surface area (Å²) in [7, 11) is -3.21. The standard InChI is InChI=1S/C8H17ClN2O2S/c1-3-10-4-5-11(6-8(10)2)14(12,13)7-9/h8H,3-7H2,1-2H3. The Morgan fingerprint density at radius 3 is 2.50 bits per heavy atom. The molecule has 0 N–H and O–H groups in total. The molecule has 4 nitrogen and oxygen atoms in total. The lowest BCUT2D eigenvalue weighted by Gasteiger charge is -2.38. The Morgan fingerprint density at radius 2 is 2.07 bits per heavy atom. The third kappa shape index (κ3) is 2.59. The summed E-state index contributed by atoms with van der Waals surface area (Å²) in [6, 6.07) is 0.284. The highest BCUT2D eigenvalue weighted by Gasteiger charge is 2.29. The molecule has 0 aliphatic carbocycles. The van der Waals surface area contributed by atoms with Gasteiger partial charge >= 0.3 is 0 Å². The number of likely N-dealkylation sites (N-methyl/N-ethyl adjacent to an activating group) is 1. The van der Waals surface area contributed by atoms with Gasteiger partial charge in [-0.1, -0.05) is 6.92 Å². The number of nitrogens with zero attached hydrogens (tertiary/aromatic N) is 2. The van der Waals surface area contributed by atoms with Crippen LogP contribution in [-0.4, -0.2) is 55.1 Å². The minimum Gasteiger partial charge on any atom is -0.298 e. The van der Waals surface area contributed by atoms with E-state index in [1.54, 1.807) is 0 Å². The molecule has 0 bridgehead atoms. The lowest BCUT2D eigenvalue weighted by molar-refractivity contribution is 0.136. The Hall–Kier alpha value is 0.160. The van der Waals surface area contributed by atoms with Crippen LogP contribution >= 0.6 is 11.6 Å². The molecule has 1 rings (SSSR count). The zero-order valence-electron chi connectivity index (χ0n) is 8.61. The molecule has 1 aliphatic rings. The van der Waals surface area contributed by atoms with Crippen LogP contribution in [0.5, 0.6) is 0 Å². The summed E-state index contributed by atoms with van der Waals surface area (Å²) in [5.41, 5.74) is 0. The van der Waals surface area contributed by atoms with Gasteiger partial charge in [0.1, 0.15) is 5.21 Å². The van der Waals surface area contributed by atoms with E-state index in [-0.39, 0.29) is 11.3 Å². The van der Waals surface area contributed by atoms with Crippen molar-refractivity contribution < 1.29 is 8.42 Å². The fourth-order valence-electron chi connectivity index (χ4n) is 1.75. The van der Waals surface area contributed by atoms with E-state index >= 15 is 0 Å². The second-order valence-corrected chi connectivity index (χ2v) is 6.11. The maximum atomic E-state index is 11.5. The molecule has 0 spiro atoms. The molecule has 0 radical (unpaired) electrons. The molecule has 0 amide bonds. The number of hydrogen-bond acceptors (Lipinski definition) is 3. The Labute approximate surface area is 90.9 Å². The molecule has 1 atom stereocenters. The van der Waals surface area contributed by atoms with Crippen molar-refractivity contribution in [1.29, 1.82) is 0 Å². The van der Waals surface area contributed by atoms with Crippen LogP contribution in [-0.2, 0) is 10.0 Å². The van der Waals surface area contributed by atoms with Gasteiger partial charge in [-0.2, -0.15) is 4.31 Å². The third-order valence-corrected chi connectivity index (χ3v) is 4.89. The van der Waals surface area contributed by atoms with Crippen molar-refractivity contribution in [2.75, 3.05) is 31.4 Å². The van der Waals surface area contributed by atoms with Gasteiger partial charge in [0.25, 0.3) is 0 Å². The monoisotopic (exact) mass is 240 g/mol. The van der Waals surface area contributed by atoms with Crippen LogP contribution in [0, 0.1) is 0 Å². The first-order chi connectivity index (χ1) is 6.51. The number of rotatable bonds is 3. The molecule has 0 aromatic carbocycles. The molecule has 6 heteroatoms. The lowest BCUT2D eigenvalue weighted by Crippen LogP contribution is -2.53. The van der Waals surface area contributed by atoms with E-state index in [0.29, 0.717) is 13.1 Å². The van der Waals surface area contributed by atoms with Crippen molar-refractivity contribution in [3.63, 3.8) is 0 Å². The van der Waals surface area contributed by atoms with Crippen LogP contribution in [0.4, 0.5) is 0 Å². The second-order valence-electron chi connectivity index (χ2n) is 3.56. The molecule has 1 saturated heterocycles. The van der Waals surface area contributed by atoms with Crippen molar-refractivity contribution >= 4 is 21.6 Å². The maximum absolute atomic E-state index is 11.5. The predicted octanol–water partition coefficient (Wildman–Crippen LogP) is 0.538. The Kier molecular flexibility index (Phi) is 4.18. The van der Waals surface area contributed by atoms with E-state index < -0.39 is 10.0 Å². The van der Waals surface area contributed by atoms with E-state index in [4.69, 9.17) is 11.6 Å². The lowest BCUT2D eigenvalue weighted by atomic mass is 10.2. The number of halogens is 1. The molecule has 1 fully saturated rings. The van der Waals surface area contributed by atoms with Gasteiger partial charge in [-0.05, 0) is 13.5 Å². The molecular formula is C8H17ClN2O2S. The number of sulfonamides is 1. The van der Waals surface area contributed by atoms with E-state index in [1.165, 1.54) is 4.31 Å². The van der Waals surface area contributed by atoms with Crippen LogP contribution in [0.2, 0.25) is 0 Å². The van der Waals surface area contributed by atoms with Gasteiger partial charge in [0, 0.05) is 25.7 Å². The quantitative estimate of drug-likeness (QED) is 0.676. The molecule has 1 aliphatic heterocycles. The molecule has 0 saturated carbocycles. The Bertz CT molecular complexity index is 281. The SMILES string of the molecule is CCN1CCN(S(=O)(=O)CCl)CC1C. The van der Waals surface area contributed by atoms with Gasteiger partial charge in [0.15, 0.2) is 0 Å². The summed E-state index contributed by atoms with van der Waals surface area (Å²) < 4.78 is 24.4. The minimum atomic E-state index is -3.21. The van der Waals surface area contributed by atoms with Crippen LogP contribution < -0.4 is 0 Å². The van der Waals surface area contributed by atoms with Crippen molar-refractivity contribution in [2.24, 2.45) is 0 Å². The van der Waals surface area contributed by atoms with Gasteiger partial charge < -0.3 is 0 Å². The minimum absolute atomic E-state index is 0.284. The summed E-state index contributed by atoms with van der Waals surface area (Å²) in [6.45, 7) is 7.02. The first kappa shape index (κ1) is 12.2. The number of piperazine rings is 1. The molecule has 14 heavy (non-hydrogen) atoms. The highest BCUT2D eigenvalue weighted by molar-refractivity contribution is 7.90. The number of hydrogen-bond donors (Lipinski definition) is 0. The topological polar surface area (TPSA) is 40.6 Å². The smallest absolute Gasteiger partial charge is 0.228 e. The summed E-state index contributed by atoms with van der Waals surface area (Å²) in [5.74, 6) is 0. The van der Waals surface area contributed by atoms with Crippen molar-refractivity contribution in [3.05, 3.63) is 0 Å². The first-order valence-electron chi connectivity index (χ1n) is 4.79. The Balaban J connectivity index is 2.63. The van der Waals surface area contributed by atoms with Crippen LogP contribution in [0.15, 0.2) is 0 Å². The first-order valence-corrected chi connectivity index (χ1v) is 6.93. The fraction of sp³-hybridized carbons (Fsp3) is 1.00. The summed E-state index contributed by atoms with van der Waals surface area (Å²) in [5, 5.41) is -0.314. The van der Waals surface area contributed by atoms with Gasteiger partial charge in [-0.25, -0.2) is 8.42 Å². The van der Waals surface area contributed by atoms with Gasteiger partial charge in [0.2, 0.25) is 10.0 Å². The summed E-state index contributed by atoms with van der Waals surface area (Å²) in [6.07, 6.45) is 0. The average molecular weight is 241 g/mol. The highest BCUT2D eigenvalue weighted by atomic mass is 35.5. The zero-order valence-corrected chi connectivity index (χ0v) is 10.2. The highest BCUT2D eigenvalue weighted by Crippen LogP contribution is 2.13. The summed E-state index contributed by atoms with van der Waals surface area (Å²) in [4.78, 5) is 2.26. The zero-order chi connectivity index (χ0) is 10.8. The van der Waals surface area contributed by atoms with E-state index in [9.17, 15) is 8.42 Å². The molecule has 84 valence electrons. The normalized spacial score (nSPS) is 26.6. The molecular weight excluding hydrogens is 224 g/mol. The summed E-state index contributed by atoms with van der Waals surface area (Å²) >= 11 is 5.40.